The van der Waals surface area contributed by atoms with E-state index in [1.807, 2.05) is 0 Å². The number of hydrogen-bond acceptors (Lipinski definition) is 1. The topological polar surface area (TPSA) is 12.4 Å². The summed E-state index contributed by atoms with van der Waals surface area (Å²) in [5.74, 6) is 1.55. The van der Waals surface area contributed by atoms with Crippen LogP contribution < -0.4 is 0 Å². The molecule has 2 rings (SSSR count). The maximum Gasteiger partial charge on any atom is 0.0454 e. The summed E-state index contributed by atoms with van der Waals surface area (Å²) in [6, 6.07) is 0. The van der Waals surface area contributed by atoms with Crippen LogP contribution in [0, 0.1) is 11.8 Å². The van der Waals surface area contributed by atoms with Gasteiger partial charge >= 0.3 is 0 Å². The molecule has 0 N–H and O–H groups in total. The normalized spacial score (nSPS) is 41.0. The number of hydrogen-bond donors (Lipinski definition) is 0. The lowest BCUT2D eigenvalue weighted by Gasteiger charge is -2.01. The lowest BCUT2D eigenvalue weighted by Crippen LogP contribution is -2.03. The smallest absolute Gasteiger partial charge is 0.0454 e. The van der Waals surface area contributed by atoms with Crippen molar-refractivity contribution < 1.29 is 0 Å². The van der Waals surface area contributed by atoms with Crippen LogP contribution in [0.4, 0.5) is 0 Å². The highest BCUT2D eigenvalue weighted by atomic mass is 14.8. The summed E-state index contributed by atoms with van der Waals surface area (Å²) in [5, 5.41) is 0. The quantitative estimate of drug-likeness (QED) is 0.413. The van der Waals surface area contributed by atoms with E-state index in [2.05, 4.69) is 23.4 Å². The number of fused-ring (bicyclic) bond motifs is 1. The summed E-state index contributed by atoms with van der Waals surface area (Å²) in [6.07, 6.45) is 7.89. The van der Waals surface area contributed by atoms with Crippen molar-refractivity contribution in [3.63, 3.8) is 0 Å². The average molecular weight is 107 g/mol. The second kappa shape index (κ2) is 1.44. The Balaban J connectivity index is 2.20. The number of rotatable bonds is 0. The lowest BCUT2D eigenvalue weighted by molar-refractivity contribution is 0.598. The van der Waals surface area contributed by atoms with Crippen molar-refractivity contribution in [2.45, 2.75) is 6.42 Å². The van der Waals surface area contributed by atoms with Crippen molar-refractivity contribution in [1.82, 2.24) is 0 Å². The van der Waals surface area contributed by atoms with E-state index in [-0.39, 0.29) is 0 Å². The first kappa shape index (κ1) is 4.30. The van der Waals surface area contributed by atoms with Crippen LogP contribution in [-0.2, 0) is 0 Å². The van der Waals surface area contributed by atoms with E-state index in [0.717, 1.165) is 18.4 Å². The molecule has 0 aromatic heterocycles. The van der Waals surface area contributed by atoms with E-state index in [9.17, 15) is 0 Å². The molecule has 0 radical (unpaired) electrons. The Bertz CT molecular complexity index is 128. The van der Waals surface area contributed by atoms with Crippen LogP contribution in [0.3, 0.4) is 0 Å². The van der Waals surface area contributed by atoms with Gasteiger partial charge in [0.15, 0.2) is 0 Å². The van der Waals surface area contributed by atoms with Crippen LogP contribution in [-0.4, -0.2) is 12.8 Å². The summed E-state index contributed by atoms with van der Waals surface area (Å²) in [7, 11) is 0. The standard InChI is InChI=1S/C7H9N/c1-2-6-4-8-5-7(6)3-1/h1-2,5-7H,3-4H2. The molecular formula is C7H9N. The summed E-state index contributed by atoms with van der Waals surface area (Å²) < 4.78 is 0. The number of allylic oxidation sites excluding steroid dienone is 1. The highest BCUT2D eigenvalue weighted by Gasteiger charge is 2.23. The molecule has 1 heterocycles. The van der Waals surface area contributed by atoms with Gasteiger partial charge in [-0.1, -0.05) is 12.2 Å². The fourth-order valence-corrected chi connectivity index (χ4v) is 1.41. The summed E-state index contributed by atoms with van der Waals surface area (Å²) in [5.41, 5.74) is 0. The van der Waals surface area contributed by atoms with Gasteiger partial charge in [-0.05, 0) is 6.42 Å². The van der Waals surface area contributed by atoms with Crippen LogP contribution in [0.5, 0.6) is 0 Å². The largest absolute Gasteiger partial charge is 0.297 e. The van der Waals surface area contributed by atoms with Gasteiger partial charge in [-0.25, -0.2) is 0 Å². The molecule has 1 nitrogen and oxygen atoms in total. The molecule has 0 aromatic rings. The molecule has 2 aliphatic rings. The average Bonchev–Trinajstić information content (AvgIpc) is 2.15. The summed E-state index contributed by atoms with van der Waals surface area (Å²) in [6.45, 7) is 1.04. The highest BCUT2D eigenvalue weighted by molar-refractivity contribution is 5.65. The zero-order chi connectivity index (χ0) is 5.40. The molecule has 8 heavy (non-hydrogen) atoms. The first-order chi connectivity index (χ1) is 3.97. The lowest BCUT2D eigenvalue weighted by atomic mass is 10.0. The molecule has 2 atom stereocenters. The van der Waals surface area contributed by atoms with Crippen LogP contribution in [0.2, 0.25) is 0 Å². The molecule has 1 heteroatoms. The minimum Gasteiger partial charge on any atom is -0.297 e. The predicted octanol–water partition coefficient (Wildman–Crippen LogP) is 1.26. The van der Waals surface area contributed by atoms with Crippen LogP contribution in [0.25, 0.3) is 0 Å². The van der Waals surface area contributed by atoms with E-state index < -0.39 is 0 Å². The fraction of sp³-hybridized carbons (Fsp3) is 0.571. The van der Waals surface area contributed by atoms with Gasteiger partial charge in [-0.15, -0.1) is 0 Å². The maximum atomic E-state index is 4.19. The van der Waals surface area contributed by atoms with E-state index in [4.69, 9.17) is 0 Å². The van der Waals surface area contributed by atoms with Gasteiger partial charge in [0, 0.05) is 24.6 Å². The van der Waals surface area contributed by atoms with Gasteiger partial charge < -0.3 is 0 Å². The molecule has 0 saturated heterocycles. The molecule has 2 unspecified atom stereocenters. The third kappa shape index (κ3) is 0.443. The minimum atomic E-state index is 0.773. The molecule has 1 aliphatic heterocycles. The molecule has 42 valence electrons. The van der Waals surface area contributed by atoms with Crippen molar-refractivity contribution in [2.24, 2.45) is 16.8 Å². The summed E-state index contributed by atoms with van der Waals surface area (Å²) in [4.78, 5) is 4.19. The minimum absolute atomic E-state index is 0.773. The molecule has 0 saturated carbocycles. The van der Waals surface area contributed by atoms with Gasteiger partial charge in [-0.2, -0.15) is 0 Å². The predicted molar refractivity (Wildman–Crippen MR) is 34.1 cm³/mol. The van der Waals surface area contributed by atoms with Gasteiger partial charge in [-0.3, -0.25) is 4.99 Å². The molecular weight excluding hydrogens is 98.1 g/mol. The van der Waals surface area contributed by atoms with Gasteiger partial charge in [0.2, 0.25) is 0 Å². The van der Waals surface area contributed by atoms with Crippen molar-refractivity contribution >= 4 is 6.21 Å². The zero-order valence-electron chi connectivity index (χ0n) is 4.75. The second-order valence-corrected chi connectivity index (χ2v) is 2.51. The van der Waals surface area contributed by atoms with E-state index in [1.165, 1.54) is 6.42 Å². The van der Waals surface area contributed by atoms with Gasteiger partial charge in [0.1, 0.15) is 0 Å². The third-order valence-corrected chi connectivity index (χ3v) is 1.95. The molecule has 0 amide bonds. The van der Waals surface area contributed by atoms with Crippen molar-refractivity contribution in [3.05, 3.63) is 12.2 Å². The Morgan fingerprint density at radius 3 is 3.25 bits per heavy atom. The van der Waals surface area contributed by atoms with E-state index in [1.54, 1.807) is 0 Å². The zero-order valence-corrected chi connectivity index (χ0v) is 4.75. The molecule has 1 aliphatic carbocycles. The monoisotopic (exact) mass is 107 g/mol. The Kier molecular flexibility index (Phi) is 0.775. The van der Waals surface area contributed by atoms with Crippen LogP contribution in [0.1, 0.15) is 6.42 Å². The molecule has 0 aromatic carbocycles. The molecule has 0 spiro atoms. The Morgan fingerprint density at radius 1 is 1.38 bits per heavy atom. The van der Waals surface area contributed by atoms with Gasteiger partial charge in [0.05, 0.1) is 0 Å². The van der Waals surface area contributed by atoms with E-state index in [0.29, 0.717) is 0 Å². The maximum absolute atomic E-state index is 4.19. The SMILES string of the molecule is C1=CC2CN=CC2C1. The van der Waals surface area contributed by atoms with Crippen molar-refractivity contribution in [1.29, 1.82) is 0 Å². The van der Waals surface area contributed by atoms with E-state index >= 15 is 0 Å². The first-order valence-electron chi connectivity index (χ1n) is 3.13. The van der Waals surface area contributed by atoms with Crippen LogP contribution in [0.15, 0.2) is 17.1 Å². The summed E-state index contributed by atoms with van der Waals surface area (Å²) >= 11 is 0. The molecule has 0 fully saturated rings. The first-order valence-corrected chi connectivity index (χ1v) is 3.13. The third-order valence-electron chi connectivity index (χ3n) is 1.95. The Morgan fingerprint density at radius 2 is 2.38 bits per heavy atom. The van der Waals surface area contributed by atoms with Crippen LogP contribution >= 0.6 is 0 Å². The van der Waals surface area contributed by atoms with Gasteiger partial charge in [0.25, 0.3) is 0 Å². The molecule has 0 bridgehead atoms. The number of nitrogens with zero attached hydrogens (tertiary/aromatic N) is 1. The fourth-order valence-electron chi connectivity index (χ4n) is 1.41. The number of aliphatic imine (C=N–C) groups is 1. The van der Waals surface area contributed by atoms with Crippen molar-refractivity contribution in [3.8, 4) is 0 Å². The highest BCUT2D eigenvalue weighted by Crippen LogP contribution is 2.27. The van der Waals surface area contributed by atoms with Crippen molar-refractivity contribution in [2.75, 3.05) is 6.54 Å². The Hall–Kier alpha value is -0.590. The second-order valence-electron chi connectivity index (χ2n) is 2.51. The Labute approximate surface area is 49.1 Å².